The fraction of sp³-hybridized carbons (Fsp3) is 0.182. The lowest BCUT2D eigenvalue weighted by atomic mass is 10.1. The van der Waals surface area contributed by atoms with Crippen LogP contribution in [0, 0.1) is 0 Å². The first-order valence-electron chi connectivity index (χ1n) is 4.58. The van der Waals surface area contributed by atoms with E-state index in [0.717, 1.165) is 21.8 Å². The number of nitrogens with zero attached hydrogens (tertiary/aromatic N) is 1. The molecule has 0 aliphatic heterocycles. The van der Waals surface area contributed by atoms with E-state index < -0.39 is 0 Å². The van der Waals surface area contributed by atoms with Crippen LogP contribution < -0.4 is 5.73 Å². The van der Waals surface area contributed by atoms with Crippen LogP contribution in [-0.4, -0.2) is 12.1 Å². The summed E-state index contributed by atoms with van der Waals surface area (Å²) in [7, 11) is 1.69. The summed E-state index contributed by atoms with van der Waals surface area (Å²) >= 11 is 1.46. The van der Waals surface area contributed by atoms with Gasteiger partial charge in [-0.25, -0.2) is 4.98 Å². The third-order valence-corrected chi connectivity index (χ3v) is 2.79. The lowest BCUT2D eigenvalue weighted by molar-refractivity contribution is 0.185. The van der Waals surface area contributed by atoms with Crippen LogP contribution in [0.2, 0.25) is 0 Å². The summed E-state index contributed by atoms with van der Waals surface area (Å²) in [4.78, 5) is 4.22. The van der Waals surface area contributed by atoms with E-state index in [-0.39, 0.29) is 0 Å². The van der Waals surface area contributed by atoms with Crippen LogP contribution in [0.3, 0.4) is 0 Å². The highest BCUT2D eigenvalue weighted by molar-refractivity contribution is 7.14. The minimum absolute atomic E-state index is 0.632. The molecule has 2 rings (SSSR count). The molecule has 3 nitrogen and oxygen atoms in total. The molecule has 1 aromatic heterocycles. The molecule has 2 N–H and O–H groups in total. The molecule has 0 amide bonds. The third kappa shape index (κ3) is 2.16. The van der Waals surface area contributed by atoms with E-state index in [1.807, 2.05) is 24.3 Å². The number of benzene rings is 1. The second-order valence-corrected chi connectivity index (χ2v) is 4.08. The maximum Gasteiger partial charge on any atom is 0.114 e. The number of thiazole rings is 1. The van der Waals surface area contributed by atoms with E-state index in [1.165, 1.54) is 11.3 Å². The van der Waals surface area contributed by atoms with Gasteiger partial charge in [0.2, 0.25) is 0 Å². The van der Waals surface area contributed by atoms with Gasteiger partial charge >= 0.3 is 0 Å². The zero-order chi connectivity index (χ0) is 10.7. The molecule has 2 aromatic rings. The smallest absolute Gasteiger partial charge is 0.114 e. The van der Waals surface area contributed by atoms with Crippen LogP contribution in [0.25, 0.3) is 11.3 Å². The van der Waals surface area contributed by atoms with Gasteiger partial charge < -0.3 is 10.5 Å². The van der Waals surface area contributed by atoms with Crippen molar-refractivity contribution in [2.45, 2.75) is 6.61 Å². The summed E-state index contributed by atoms with van der Waals surface area (Å²) in [6.45, 7) is 0.632. The number of anilines is 1. The number of methoxy groups -OCH3 is 1. The normalized spacial score (nSPS) is 10.5. The molecule has 0 aliphatic rings. The number of rotatable bonds is 3. The zero-order valence-corrected chi connectivity index (χ0v) is 9.25. The quantitative estimate of drug-likeness (QED) is 0.864. The number of hydrogen-bond donors (Lipinski definition) is 1. The summed E-state index contributed by atoms with van der Waals surface area (Å²) in [5.74, 6) is 0. The Morgan fingerprint density at radius 3 is 2.60 bits per heavy atom. The Bertz CT molecular complexity index is 436. The number of ether oxygens (including phenoxy) is 1. The first-order chi connectivity index (χ1) is 7.31. The molecule has 0 fully saturated rings. The Labute approximate surface area is 92.5 Å². The van der Waals surface area contributed by atoms with Crippen molar-refractivity contribution in [2.24, 2.45) is 0 Å². The first-order valence-corrected chi connectivity index (χ1v) is 5.46. The Hall–Kier alpha value is -1.39. The van der Waals surface area contributed by atoms with Crippen LogP contribution in [0.1, 0.15) is 5.56 Å². The minimum atomic E-state index is 0.632. The molecule has 1 aromatic carbocycles. The molecule has 0 spiro atoms. The van der Waals surface area contributed by atoms with Crippen molar-refractivity contribution in [3.63, 3.8) is 0 Å². The largest absolute Gasteiger partial charge is 0.389 e. The molecule has 0 saturated heterocycles. The molecular formula is C11H12N2OS. The monoisotopic (exact) mass is 220 g/mol. The zero-order valence-electron chi connectivity index (χ0n) is 8.43. The van der Waals surface area contributed by atoms with Gasteiger partial charge in [-0.3, -0.25) is 0 Å². The van der Waals surface area contributed by atoms with Crippen molar-refractivity contribution in [2.75, 3.05) is 12.8 Å². The van der Waals surface area contributed by atoms with Crippen molar-refractivity contribution in [3.8, 4) is 11.3 Å². The predicted octanol–water partition coefficient (Wildman–Crippen LogP) is 2.54. The third-order valence-electron chi connectivity index (χ3n) is 2.13. The fourth-order valence-corrected chi connectivity index (χ4v) is 1.95. The molecule has 15 heavy (non-hydrogen) atoms. The molecule has 0 aliphatic carbocycles. The van der Waals surface area contributed by atoms with Gasteiger partial charge in [0.1, 0.15) is 10.7 Å². The SMILES string of the molecule is COCc1ccc(-c2ncsc2N)cc1. The average Bonchev–Trinajstić information content (AvgIpc) is 2.66. The summed E-state index contributed by atoms with van der Waals surface area (Å²) in [5, 5.41) is 0.759. The highest BCUT2D eigenvalue weighted by Gasteiger charge is 2.04. The standard InChI is InChI=1S/C11H12N2OS/c1-14-6-8-2-4-9(5-3-8)10-11(12)15-7-13-10/h2-5,7H,6,12H2,1H3. The topological polar surface area (TPSA) is 48.1 Å². The summed E-state index contributed by atoms with van der Waals surface area (Å²) in [6, 6.07) is 8.08. The van der Waals surface area contributed by atoms with Gasteiger partial charge in [0, 0.05) is 12.7 Å². The van der Waals surface area contributed by atoms with Gasteiger partial charge in [-0.1, -0.05) is 24.3 Å². The van der Waals surface area contributed by atoms with E-state index in [1.54, 1.807) is 12.6 Å². The van der Waals surface area contributed by atoms with E-state index in [2.05, 4.69) is 4.98 Å². The molecule has 0 atom stereocenters. The van der Waals surface area contributed by atoms with Gasteiger partial charge in [0.05, 0.1) is 12.1 Å². The summed E-state index contributed by atoms with van der Waals surface area (Å²) in [6.07, 6.45) is 0. The summed E-state index contributed by atoms with van der Waals surface area (Å²) in [5.41, 5.74) is 10.6. The van der Waals surface area contributed by atoms with Crippen molar-refractivity contribution in [1.29, 1.82) is 0 Å². The lowest BCUT2D eigenvalue weighted by Gasteiger charge is -2.01. The van der Waals surface area contributed by atoms with Crippen LogP contribution >= 0.6 is 11.3 Å². The van der Waals surface area contributed by atoms with Gasteiger partial charge in [-0.05, 0) is 5.56 Å². The van der Waals surface area contributed by atoms with Crippen LogP contribution in [0.5, 0.6) is 0 Å². The second-order valence-electron chi connectivity index (χ2n) is 3.20. The molecule has 0 unspecified atom stereocenters. The maximum absolute atomic E-state index is 5.80. The molecular weight excluding hydrogens is 208 g/mol. The number of nitrogen functional groups attached to an aromatic ring is 1. The molecule has 4 heteroatoms. The Morgan fingerprint density at radius 2 is 2.07 bits per heavy atom. The van der Waals surface area contributed by atoms with Crippen LogP contribution in [-0.2, 0) is 11.3 Å². The van der Waals surface area contributed by atoms with E-state index >= 15 is 0 Å². The predicted molar refractivity (Wildman–Crippen MR) is 62.7 cm³/mol. The summed E-state index contributed by atoms with van der Waals surface area (Å²) < 4.78 is 5.04. The Kier molecular flexibility index (Phi) is 2.99. The van der Waals surface area contributed by atoms with Gasteiger partial charge in [0.25, 0.3) is 0 Å². The molecule has 0 radical (unpaired) electrons. The van der Waals surface area contributed by atoms with Crippen LogP contribution in [0.15, 0.2) is 29.8 Å². The molecule has 0 bridgehead atoms. The average molecular weight is 220 g/mol. The van der Waals surface area contributed by atoms with E-state index in [0.29, 0.717) is 6.61 Å². The van der Waals surface area contributed by atoms with Crippen molar-refractivity contribution in [3.05, 3.63) is 35.3 Å². The molecule has 0 saturated carbocycles. The van der Waals surface area contributed by atoms with Gasteiger partial charge in [0.15, 0.2) is 0 Å². The van der Waals surface area contributed by atoms with Gasteiger partial charge in [-0.15, -0.1) is 11.3 Å². The number of hydrogen-bond acceptors (Lipinski definition) is 4. The first kappa shape index (κ1) is 10.1. The van der Waals surface area contributed by atoms with Crippen LogP contribution in [0.4, 0.5) is 5.00 Å². The molecule has 78 valence electrons. The lowest BCUT2D eigenvalue weighted by Crippen LogP contribution is -1.89. The molecule has 1 heterocycles. The highest BCUT2D eigenvalue weighted by atomic mass is 32.1. The van der Waals surface area contributed by atoms with Crippen molar-refractivity contribution < 1.29 is 4.74 Å². The minimum Gasteiger partial charge on any atom is -0.389 e. The Balaban J connectivity index is 2.28. The maximum atomic E-state index is 5.80. The Morgan fingerprint density at radius 1 is 1.33 bits per heavy atom. The number of nitrogens with two attached hydrogens (primary N) is 1. The second kappa shape index (κ2) is 4.42. The van der Waals surface area contributed by atoms with Crippen molar-refractivity contribution in [1.82, 2.24) is 4.98 Å². The van der Waals surface area contributed by atoms with Crippen molar-refractivity contribution >= 4 is 16.3 Å². The number of aromatic nitrogens is 1. The fourth-order valence-electron chi connectivity index (χ4n) is 1.40. The highest BCUT2D eigenvalue weighted by Crippen LogP contribution is 2.27. The van der Waals surface area contributed by atoms with Gasteiger partial charge in [-0.2, -0.15) is 0 Å². The van der Waals surface area contributed by atoms with E-state index in [9.17, 15) is 0 Å². The van der Waals surface area contributed by atoms with E-state index in [4.69, 9.17) is 10.5 Å².